The molecule has 0 nitrogen and oxygen atoms in total. The van der Waals surface area contributed by atoms with Crippen molar-refractivity contribution in [2.45, 2.75) is 102 Å². The zero-order chi connectivity index (χ0) is 18.3. The summed E-state index contributed by atoms with van der Waals surface area (Å²) in [6, 6.07) is 8.94. The summed E-state index contributed by atoms with van der Waals surface area (Å²) in [6.07, 6.45) is 0. The fourth-order valence-electron chi connectivity index (χ4n) is 1.27. The summed E-state index contributed by atoms with van der Waals surface area (Å²) in [4.78, 5) is 0. The Balaban J connectivity index is -0.000000138. The predicted octanol–water partition coefficient (Wildman–Crippen LogP) is 8.92. The Kier molecular flexibility index (Phi) is 25.2. The van der Waals surface area contributed by atoms with Crippen LogP contribution in [0, 0.1) is 11.8 Å². The minimum Gasteiger partial charge on any atom is -0.0776 e. The highest BCUT2D eigenvalue weighted by Crippen LogP contribution is 2.18. The lowest BCUT2D eigenvalue weighted by Crippen LogP contribution is -1.90. The summed E-state index contributed by atoms with van der Waals surface area (Å²) in [6.45, 7) is 25.9. The van der Waals surface area contributed by atoms with Crippen molar-refractivity contribution in [2.24, 2.45) is 11.8 Å². The van der Waals surface area contributed by atoms with Crippen molar-refractivity contribution < 1.29 is 0 Å². The molecule has 0 N–H and O–H groups in total. The fraction of sp³-hybridized carbons (Fsp3) is 0.739. The molecule has 0 aliphatic rings. The van der Waals surface area contributed by atoms with Crippen LogP contribution in [0.5, 0.6) is 0 Å². The Hall–Kier alpha value is -0.780. The first-order chi connectivity index (χ1) is 10.1. The van der Waals surface area contributed by atoms with Crippen LogP contribution < -0.4 is 0 Å². The van der Waals surface area contributed by atoms with Gasteiger partial charge in [0.2, 0.25) is 0 Å². The first kappa shape index (κ1) is 30.1. The number of rotatable bonds is 2. The third-order valence-corrected chi connectivity index (χ3v) is 2.27. The van der Waals surface area contributed by atoms with Gasteiger partial charge in [0.1, 0.15) is 0 Å². The average Bonchev–Trinajstić information content (AvgIpc) is 2.39. The maximum absolute atomic E-state index is 2.24. The Morgan fingerprint density at radius 3 is 0.696 bits per heavy atom. The molecule has 0 saturated heterocycles. The molecule has 1 aromatic rings. The summed E-state index contributed by atoms with van der Waals surface area (Å²) in [5.41, 5.74) is 2.86. The third kappa shape index (κ3) is 26.4. The molecule has 0 unspecified atom stereocenters. The molecule has 0 spiro atoms. The standard InChI is InChI=1S/C12H18.2C4H10.C2H6.CH4/c1-9(2)11-5-7-12(8-6-11)10(3)4;2*1-4(2)3;1-2;/h5-10H,1-4H3;2*4H,1-3H3;1-2H3;1H4. The van der Waals surface area contributed by atoms with Gasteiger partial charge in [0.05, 0.1) is 0 Å². The van der Waals surface area contributed by atoms with Crippen molar-refractivity contribution in [3.63, 3.8) is 0 Å². The molecule has 0 heterocycles. The van der Waals surface area contributed by atoms with Gasteiger partial charge in [0, 0.05) is 0 Å². The van der Waals surface area contributed by atoms with E-state index in [1.165, 1.54) is 11.1 Å². The first-order valence-electron chi connectivity index (χ1n) is 9.17. The molecule has 0 aromatic heterocycles. The van der Waals surface area contributed by atoms with E-state index in [-0.39, 0.29) is 7.43 Å². The molecule has 0 bridgehead atoms. The maximum Gasteiger partial charge on any atom is -0.0219 e. The quantitative estimate of drug-likeness (QED) is 0.509. The summed E-state index contributed by atoms with van der Waals surface area (Å²) in [5, 5.41) is 0. The van der Waals surface area contributed by atoms with Gasteiger partial charge in [0.15, 0.2) is 0 Å². The van der Waals surface area contributed by atoms with Crippen molar-refractivity contribution in [1.82, 2.24) is 0 Å². The van der Waals surface area contributed by atoms with Gasteiger partial charge in [-0.2, -0.15) is 0 Å². The predicted molar refractivity (Wildman–Crippen MR) is 114 cm³/mol. The Labute approximate surface area is 150 Å². The monoisotopic (exact) mass is 324 g/mol. The van der Waals surface area contributed by atoms with E-state index >= 15 is 0 Å². The van der Waals surface area contributed by atoms with Crippen molar-refractivity contribution in [3.8, 4) is 0 Å². The molecule has 0 aliphatic heterocycles. The zero-order valence-corrected chi connectivity index (χ0v) is 17.6. The van der Waals surface area contributed by atoms with E-state index in [9.17, 15) is 0 Å². The van der Waals surface area contributed by atoms with Crippen molar-refractivity contribution in [2.75, 3.05) is 0 Å². The van der Waals surface area contributed by atoms with Gasteiger partial charge in [0.25, 0.3) is 0 Å². The normalized spacial score (nSPS) is 9.22. The summed E-state index contributed by atoms with van der Waals surface area (Å²) < 4.78 is 0. The van der Waals surface area contributed by atoms with Crippen LogP contribution >= 0.6 is 0 Å². The highest BCUT2D eigenvalue weighted by molar-refractivity contribution is 5.26. The molecule has 0 aliphatic carbocycles. The van der Waals surface area contributed by atoms with Gasteiger partial charge < -0.3 is 0 Å². The van der Waals surface area contributed by atoms with Gasteiger partial charge in [-0.15, -0.1) is 0 Å². The summed E-state index contributed by atoms with van der Waals surface area (Å²) in [7, 11) is 0. The van der Waals surface area contributed by atoms with Crippen LogP contribution in [0.3, 0.4) is 0 Å². The van der Waals surface area contributed by atoms with Crippen LogP contribution in [0.25, 0.3) is 0 Å². The van der Waals surface area contributed by atoms with Crippen molar-refractivity contribution in [1.29, 1.82) is 0 Å². The van der Waals surface area contributed by atoms with E-state index < -0.39 is 0 Å². The fourth-order valence-corrected chi connectivity index (χ4v) is 1.27. The van der Waals surface area contributed by atoms with Crippen molar-refractivity contribution in [3.05, 3.63) is 35.4 Å². The average molecular weight is 325 g/mol. The molecular formula is C23H48. The van der Waals surface area contributed by atoms with Gasteiger partial charge in [-0.05, 0) is 34.8 Å². The third-order valence-electron chi connectivity index (χ3n) is 2.27. The van der Waals surface area contributed by atoms with Crippen molar-refractivity contribution >= 4 is 0 Å². The second kappa shape index (κ2) is 19.3. The molecule has 0 fully saturated rings. The van der Waals surface area contributed by atoms with Crippen LogP contribution in [0.4, 0.5) is 0 Å². The number of benzene rings is 1. The van der Waals surface area contributed by atoms with Crippen LogP contribution in [0.2, 0.25) is 0 Å². The van der Waals surface area contributed by atoms with Gasteiger partial charge in [-0.1, -0.05) is 115 Å². The van der Waals surface area contributed by atoms with E-state index in [4.69, 9.17) is 0 Å². The molecule has 0 saturated carbocycles. The van der Waals surface area contributed by atoms with Crippen LogP contribution in [-0.2, 0) is 0 Å². The van der Waals surface area contributed by atoms with E-state index in [0.717, 1.165) is 11.8 Å². The highest BCUT2D eigenvalue weighted by atomic mass is 14.1. The molecule has 0 heteroatoms. The van der Waals surface area contributed by atoms with E-state index in [1.807, 2.05) is 13.8 Å². The summed E-state index contributed by atoms with van der Waals surface area (Å²) >= 11 is 0. The smallest absolute Gasteiger partial charge is 0.0219 e. The van der Waals surface area contributed by atoms with Crippen LogP contribution in [0.1, 0.15) is 113 Å². The second-order valence-electron chi connectivity index (χ2n) is 7.44. The Bertz CT molecular complexity index is 263. The lowest BCUT2D eigenvalue weighted by Gasteiger charge is -2.08. The molecular weight excluding hydrogens is 276 g/mol. The lowest BCUT2D eigenvalue weighted by atomic mass is 9.97. The zero-order valence-electron chi connectivity index (χ0n) is 17.6. The molecule has 1 rings (SSSR count). The van der Waals surface area contributed by atoms with E-state index in [1.54, 1.807) is 0 Å². The van der Waals surface area contributed by atoms with Gasteiger partial charge >= 0.3 is 0 Å². The Morgan fingerprint density at radius 1 is 0.478 bits per heavy atom. The second-order valence-corrected chi connectivity index (χ2v) is 7.44. The molecule has 23 heavy (non-hydrogen) atoms. The first-order valence-corrected chi connectivity index (χ1v) is 9.17. The van der Waals surface area contributed by atoms with Crippen LogP contribution in [0.15, 0.2) is 24.3 Å². The molecule has 0 amide bonds. The molecule has 1 aromatic carbocycles. The van der Waals surface area contributed by atoms with Gasteiger partial charge in [-0.25, -0.2) is 0 Å². The topological polar surface area (TPSA) is 0 Å². The molecule has 140 valence electrons. The summed E-state index contributed by atoms with van der Waals surface area (Å²) in [5.74, 6) is 2.96. The van der Waals surface area contributed by atoms with Gasteiger partial charge in [-0.3, -0.25) is 0 Å². The SMILES string of the molecule is C.CC.CC(C)C.CC(C)C.CC(C)c1ccc(C(C)C)cc1. The number of hydrogen-bond acceptors (Lipinski definition) is 0. The highest BCUT2D eigenvalue weighted by Gasteiger charge is 2.00. The lowest BCUT2D eigenvalue weighted by molar-refractivity contribution is 0.736. The number of hydrogen-bond donors (Lipinski definition) is 0. The minimum atomic E-state index is 0. The van der Waals surface area contributed by atoms with E-state index in [2.05, 4.69) is 93.5 Å². The molecule has 0 atom stereocenters. The maximum atomic E-state index is 2.24. The molecule has 0 radical (unpaired) electrons. The Morgan fingerprint density at radius 2 is 0.609 bits per heavy atom. The van der Waals surface area contributed by atoms with Crippen LogP contribution in [-0.4, -0.2) is 0 Å². The minimum absolute atomic E-state index is 0. The largest absolute Gasteiger partial charge is 0.0776 e. The van der Waals surface area contributed by atoms with E-state index in [0.29, 0.717) is 11.8 Å².